The third-order valence-corrected chi connectivity index (χ3v) is 5.15. The Balaban J connectivity index is 1.86. The van der Waals surface area contributed by atoms with E-state index in [0.717, 1.165) is 31.7 Å². The van der Waals surface area contributed by atoms with Gasteiger partial charge < -0.3 is 10.0 Å². The Labute approximate surface area is 127 Å². The lowest BCUT2D eigenvalue weighted by Gasteiger charge is -2.37. The van der Waals surface area contributed by atoms with Crippen LogP contribution in [-0.4, -0.2) is 34.5 Å². The van der Waals surface area contributed by atoms with Crippen LogP contribution in [-0.2, 0) is 9.59 Å². The molecule has 4 nitrogen and oxygen atoms in total. The number of carbonyl (C=O) groups excluding carboxylic acids is 1. The third-order valence-electron chi connectivity index (χ3n) is 5.15. The van der Waals surface area contributed by atoms with Gasteiger partial charge >= 0.3 is 5.97 Å². The summed E-state index contributed by atoms with van der Waals surface area (Å²) in [5.74, 6) is 0.808. The second-order valence-electron chi connectivity index (χ2n) is 7.01. The first-order chi connectivity index (χ1) is 10.1. The maximum Gasteiger partial charge on any atom is 0.303 e. The van der Waals surface area contributed by atoms with Gasteiger partial charge in [0.2, 0.25) is 5.91 Å². The van der Waals surface area contributed by atoms with Crippen molar-refractivity contribution >= 4 is 11.9 Å². The molecule has 1 aliphatic heterocycles. The molecule has 1 saturated heterocycles. The summed E-state index contributed by atoms with van der Waals surface area (Å²) in [6.45, 7) is 3.11. The highest BCUT2D eigenvalue weighted by molar-refractivity contribution is 5.77. The van der Waals surface area contributed by atoms with Crippen molar-refractivity contribution in [3.05, 3.63) is 0 Å². The fraction of sp³-hybridized carbons (Fsp3) is 0.882. The minimum atomic E-state index is -0.755. The van der Waals surface area contributed by atoms with Crippen LogP contribution < -0.4 is 0 Å². The van der Waals surface area contributed by atoms with E-state index in [1.165, 1.54) is 25.7 Å². The van der Waals surface area contributed by atoms with Crippen LogP contribution in [0.15, 0.2) is 0 Å². The molecular formula is C17H29NO3. The Kier molecular flexibility index (Phi) is 6.07. The molecule has 1 N–H and O–H groups in total. The fourth-order valence-corrected chi connectivity index (χ4v) is 4.03. The van der Waals surface area contributed by atoms with Crippen LogP contribution in [0.1, 0.15) is 71.1 Å². The lowest BCUT2D eigenvalue weighted by Crippen LogP contribution is -2.44. The van der Waals surface area contributed by atoms with Gasteiger partial charge in [-0.2, -0.15) is 0 Å². The Hall–Kier alpha value is -1.06. The van der Waals surface area contributed by atoms with E-state index in [0.29, 0.717) is 18.8 Å². The van der Waals surface area contributed by atoms with Gasteiger partial charge in [-0.05, 0) is 50.4 Å². The van der Waals surface area contributed by atoms with Gasteiger partial charge in [0.15, 0.2) is 0 Å². The highest BCUT2D eigenvalue weighted by Crippen LogP contribution is 2.32. The fourth-order valence-electron chi connectivity index (χ4n) is 4.03. The summed E-state index contributed by atoms with van der Waals surface area (Å²) >= 11 is 0. The number of carboxylic acid groups (broad SMARTS) is 1. The van der Waals surface area contributed by atoms with Gasteiger partial charge in [-0.1, -0.05) is 19.8 Å². The van der Waals surface area contributed by atoms with E-state index >= 15 is 0 Å². The number of rotatable bonds is 5. The van der Waals surface area contributed by atoms with Gasteiger partial charge in [0.1, 0.15) is 0 Å². The van der Waals surface area contributed by atoms with Crippen molar-refractivity contribution in [2.24, 2.45) is 11.8 Å². The zero-order valence-corrected chi connectivity index (χ0v) is 13.2. The van der Waals surface area contributed by atoms with Crippen LogP contribution >= 0.6 is 0 Å². The van der Waals surface area contributed by atoms with Gasteiger partial charge in [0.25, 0.3) is 0 Å². The minimum Gasteiger partial charge on any atom is -0.481 e. The van der Waals surface area contributed by atoms with Crippen LogP contribution in [0.3, 0.4) is 0 Å². The minimum absolute atomic E-state index is 0.156. The Morgan fingerprint density at radius 2 is 1.95 bits per heavy atom. The second kappa shape index (κ2) is 7.81. The Morgan fingerprint density at radius 1 is 1.14 bits per heavy atom. The Bertz CT molecular complexity index is 369. The van der Waals surface area contributed by atoms with Gasteiger partial charge in [-0.3, -0.25) is 9.59 Å². The molecule has 2 fully saturated rings. The molecule has 1 heterocycles. The van der Waals surface area contributed by atoms with E-state index in [9.17, 15) is 9.59 Å². The Morgan fingerprint density at radius 3 is 2.67 bits per heavy atom. The van der Waals surface area contributed by atoms with Crippen molar-refractivity contribution < 1.29 is 14.7 Å². The van der Waals surface area contributed by atoms with E-state index in [-0.39, 0.29) is 18.4 Å². The van der Waals surface area contributed by atoms with Gasteiger partial charge in [-0.25, -0.2) is 0 Å². The molecule has 4 heteroatoms. The molecule has 0 aromatic carbocycles. The molecule has 0 bridgehead atoms. The number of nitrogens with zero attached hydrogens (tertiary/aromatic N) is 1. The predicted molar refractivity (Wildman–Crippen MR) is 82.0 cm³/mol. The van der Waals surface area contributed by atoms with Crippen molar-refractivity contribution in [2.45, 2.75) is 77.2 Å². The van der Waals surface area contributed by atoms with Crippen molar-refractivity contribution in [3.8, 4) is 0 Å². The molecule has 0 radical (unpaired) electrons. The zero-order valence-electron chi connectivity index (χ0n) is 13.2. The molecule has 0 aromatic rings. The molecule has 0 spiro atoms. The van der Waals surface area contributed by atoms with Crippen LogP contribution in [0.25, 0.3) is 0 Å². The summed E-state index contributed by atoms with van der Waals surface area (Å²) < 4.78 is 0. The molecule has 120 valence electrons. The summed E-state index contributed by atoms with van der Waals surface area (Å²) in [5, 5.41) is 8.86. The summed E-state index contributed by atoms with van der Waals surface area (Å²) in [5.41, 5.74) is 0. The molecule has 2 aliphatic rings. The largest absolute Gasteiger partial charge is 0.481 e. The summed E-state index contributed by atoms with van der Waals surface area (Å²) in [7, 11) is 0. The molecule has 1 aliphatic carbocycles. The van der Waals surface area contributed by atoms with Gasteiger partial charge in [0.05, 0.1) is 0 Å². The quantitative estimate of drug-likeness (QED) is 0.845. The molecule has 3 atom stereocenters. The molecule has 2 rings (SSSR count). The van der Waals surface area contributed by atoms with E-state index in [2.05, 4.69) is 6.92 Å². The lowest BCUT2D eigenvalue weighted by molar-refractivity contribution is -0.140. The number of hydrogen-bond donors (Lipinski definition) is 1. The first-order valence-corrected chi connectivity index (χ1v) is 8.57. The maximum atomic E-state index is 12.6. The molecular weight excluding hydrogens is 266 g/mol. The van der Waals surface area contributed by atoms with Crippen LogP contribution in [0.2, 0.25) is 0 Å². The summed E-state index contributed by atoms with van der Waals surface area (Å²) in [6.07, 6.45) is 9.54. The van der Waals surface area contributed by atoms with E-state index in [4.69, 9.17) is 5.11 Å². The van der Waals surface area contributed by atoms with Crippen molar-refractivity contribution in [3.63, 3.8) is 0 Å². The smallest absolute Gasteiger partial charge is 0.303 e. The van der Waals surface area contributed by atoms with Gasteiger partial charge in [0, 0.05) is 25.4 Å². The highest BCUT2D eigenvalue weighted by atomic mass is 16.4. The summed E-state index contributed by atoms with van der Waals surface area (Å²) in [4.78, 5) is 25.4. The van der Waals surface area contributed by atoms with Crippen molar-refractivity contribution in [1.29, 1.82) is 0 Å². The highest BCUT2D eigenvalue weighted by Gasteiger charge is 2.29. The number of likely N-dealkylation sites (tertiary alicyclic amines) is 1. The van der Waals surface area contributed by atoms with Crippen LogP contribution in [0.5, 0.6) is 0 Å². The molecule has 21 heavy (non-hydrogen) atoms. The number of carbonyl (C=O) groups is 2. The SMILES string of the molecule is CC1CCCC(CC(=O)N2CCCCC2CCC(=O)O)C1. The van der Waals surface area contributed by atoms with Crippen molar-refractivity contribution in [2.75, 3.05) is 6.54 Å². The number of carboxylic acids is 1. The first-order valence-electron chi connectivity index (χ1n) is 8.57. The number of hydrogen-bond acceptors (Lipinski definition) is 2. The standard InChI is InChI=1S/C17H29NO3/c1-13-5-4-6-14(11-13)12-16(19)18-10-3-2-7-15(18)8-9-17(20)21/h13-15H,2-12H2,1H3,(H,20,21). The first kappa shape index (κ1) is 16.3. The zero-order chi connectivity index (χ0) is 15.2. The van der Waals surface area contributed by atoms with Gasteiger partial charge in [-0.15, -0.1) is 0 Å². The normalized spacial score (nSPS) is 30.1. The van der Waals surface area contributed by atoms with E-state index in [1.54, 1.807) is 0 Å². The lowest BCUT2D eigenvalue weighted by atomic mass is 9.80. The number of aliphatic carboxylic acids is 1. The second-order valence-corrected chi connectivity index (χ2v) is 7.01. The topological polar surface area (TPSA) is 57.6 Å². The van der Waals surface area contributed by atoms with Crippen LogP contribution in [0.4, 0.5) is 0 Å². The molecule has 3 unspecified atom stereocenters. The summed E-state index contributed by atoms with van der Waals surface area (Å²) in [6, 6.07) is 0.156. The number of amides is 1. The monoisotopic (exact) mass is 295 g/mol. The van der Waals surface area contributed by atoms with E-state index < -0.39 is 5.97 Å². The van der Waals surface area contributed by atoms with Crippen molar-refractivity contribution in [1.82, 2.24) is 4.90 Å². The average molecular weight is 295 g/mol. The predicted octanol–water partition coefficient (Wildman–Crippen LogP) is 3.45. The maximum absolute atomic E-state index is 12.6. The molecule has 0 aromatic heterocycles. The third kappa shape index (κ3) is 5.01. The van der Waals surface area contributed by atoms with E-state index in [1.807, 2.05) is 4.90 Å². The molecule has 1 amide bonds. The number of piperidine rings is 1. The molecule has 1 saturated carbocycles. The average Bonchev–Trinajstić information content (AvgIpc) is 2.45. The van der Waals surface area contributed by atoms with Crippen LogP contribution in [0, 0.1) is 11.8 Å².